The lowest BCUT2D eigenvalue weighted by Crippen LogP contribution is -2.30. The van der Waals surface area contributed by atoms with E-state index in [1.807, 2.05) is 35.9 Å². The molecule has 4 heterocycles. The van der Waals surface area contributed by atoms with E-state index < -0.39 is 6.10 Å². The van der Waals surface area contributed by atoms with Crippen LogP contribution in [0.4, 0.5) is 0 Å². The number of fused-ring (bicyclic) bond motifs is 1. The Balaban J connectivity index is 0.000000526. The van der Waals surface area contributed by atoms with Gasteiger partial charge in [0.05, 0.1) is 19.3 Å². The number of aromatic nitrogens is 3. The Hall–Kier alpha value is -2.29. The van der Waals surface area contributed by atoms with Crippen LogP contribution in [0.2, 0.25) is 0 Å². The maximum atomic E-state index is 9.85. The summed E-state index contributed by atoms with van der Waals surface area (Å²) in [4.78, 5) is 17.3. The van der Waals surface area contributed by atoms with Crippen molar-refractivity contribution < 1.29 is 24.5 Å². The molecule has 0 amide bonds. The maximum Gasteiger partial charge on any atom is 0.290 e. The van der Waals surface area contributed by atoms with E-state index in [-0.39, 0.29) is 24.7 Å². The highest BCUT2D eigenvalue weighted by Gasteiger charge is 2.48. The fraction of sp³-hybridized carbons (Fsp3) is 0.438. The van der Waals surface area contributed by atoms with Crippen molar-refractivity contribution in [3.63, 3.8) is 0 Å². The van der Waals surface area contributed by atoms with E-state index in [0.29, 0.717) is 13.2 Å². The molecular formula is C16H19N3O5. The first-order valence-electron chi connectivity index (χ1n) is 7.61. The lowest BCUT2D eigenvalue weighted by atomic mass is 10.1. The number of imidazole rings is 1. The number of hydrogen-bond donors (Lipinski definition) is 2. The summed E-state index contributed by atoms with van der Waals surface area (Å²) in [5.41, 5.74) is 1.79. The fourth-order valence-electron chi connectivity index (χ4n) is 3.14. The van der Waals surface area contributed by atoms with Gasteiger partial charge in [-0.2, -0.15) is 0 Å². The summed E-state index contributed by atoms with van der Waals surface area (Å²) in [5.74, 6) is 0.804. The molecule has 4 atom stereocenters. The molecule has 128 valence electrons. The molecule has 2 fully saturated rings. The van der Waals surface area contributed by atoms with Crippen molar-refractivity contribution in [1.82, 2.24) is 14.5 Å². The second-order valence-electron chi connectivity index (χ2n) is 5.66. The Labute approximate surface area is 138 Å². The molecule has 2 aliphatic rings. The monoisotopic (exact) mass is 333 g/mol. The Morgan fingerprint density at radius 2 is 2.04 bits per heavy atom. The molecule has 2 aromatic heterocycles. The van der Waals surface area contributed by atoms with E-state index in [4.69, 9.17) is 19.4 Å². The standard InChI is InChI=1S/C15H17N3O3.CH2O2/c1-9-3-2-4-10(17-9)15-16-5-6-18(15)11-7-20-14-12(19)8-21-13(11)14;2-1-3/h2-6,11-14,19H,7-8H2,1H3;1H,(H,2,3)/t11-,12+,13+,14+;/m0./s1. The summed E-state index contributed by atoms with van der Waals surface area (Å²) in [6.07, 6.45) is 2.78. The molecule has 0 aliphatic carbocycles. The van der Waals surface area contributed by atoms with E-state index in [2.05, 4.69) is 9.97 Å². The van der Waals surface area contributed by atoms with Gasteiger partial charge < -0.3 is 24.3 Å². The predicted octanol–water partition coefficient (Wildman–Crippen LogP) is 0.654. The summed E-state index contributed by atoms with van der Waals surface area (Å²) < 4.78 is 13.4. The second-order valence-corrected chi connectivity index (χ2v) is 5.66. The molecule has 0 radical (unpaired) electrons. The summed E-state index contributed by atoms with van der Waals surface area (Å²) in [5, 5.41) is 16.7. The number of hydrogen-bond acceptors (Lipinski definition) is 6. The molecule has 2 aliphatic heterocycles. The highest BCUT2D eigenvalue weighted by molar-refractivity contribution is 5.50. The molecule has 4 rings (SSSR count). The number of aliphatic hydroxyl groups excluding tert-OH is 1. The van der Waals surface area contributed by atoms with E-state index in [0.717, 1.165) is 17.2 Å². The van der Waals surface area contributed by atoms with Gasteiger partial charge in [0.15, 0.2) is 5.82 Å². The number of nitrogens with zero attached hydrogens (tertiary/aromatic N) is 3. The minimum atomic E-state index is -0.538. The molecule has 24 heavy (non-hydrogen) atoms. The third-order valence-electron chi connectivity index (χ3n) is 4.14. The Kier molecular flexibility index (Phi) is 4.89. The SMILES string of the molecule is Cc1cccc(-c2nccn2[C@H]2CO[C@H]3[C@@H]2OC[C@H]3O)n1.O=CO. The van der Waals surface area contributed by atoms with Crippen LogP contribution in [0.5, 0.6) is 0 Å². The third-order valence-corrected chi connectivity index (χ3v) is 4.14. The van der Waals surface area contributed by atoms with Gasteiger partial charge in [-0.15, -0.1) is 0 Å². The number of ether oxygens (including phenoxy) is 2. The lowest BCUT2D eigenvalue weighted by molar-refractivity contribution is -0.122. The van der Waals surface area contributed by atoms with E-state index in [9.17, 15) is 5.11 Å². The molecule has 0 spiro atoms. The topological polar surface area (TPSA) is 107 Å². The van der Waals surface area contributed by atoms with Crippen LogP contribution in [0.1, 0.15) is 11.7 Å². The van der Waals surface area contributed by atoms with Gasteiger partial charge in [-0.1, -0.05) is 6.07 Å². The molecule has 8 nitrogen and oxygen atoms in total. The minimum absolute atomic E-state index is 0.0203. The van der Waals surface area contributed by atoms with Crippen molar-refractivity contribution in [2.75, 3.05) is 13.2 Å². The largest absolute Gasteiger partial charge is 0.483 e. The van der Waals surface area contributed by atoms with Crippen molar-refractivity contribution in [2.24, 2.45) is 0 Å². The number of carboxylic acid groups (broad SMARTS) is 1. The molecule has 0 bridgehead atoms. The Morgan fingerprint density at radius 1 is 1.29 bits per heavy atom. The summed E-state index contributed by atoms with van der Waals surface area (Å²) >= 11 is 0. The van der Waals surface area contributed by atoms with Gasteiger partial charge in [-0.3, -0.25) is 4.79 Å². The normalized spacial score (nSPS) is 28.1. The van der Waals surface area contributed by atoms with Crippen LogP contribution < -0.4 is 0 Å². The Morgan fingerprint density at radius 3 is 2.79 bits per heavy atom. The number of pyridine rings is 1. The van der Waals surface area contributed by atoms with Crippen LogP contribution >= 0.6 is 0 Å². The van der Waals surface area contributed by atoms with E-state index in [1.54, 1.807) is 6.20 Å². The van der Waals surface area contributed by atoms with Gasteiger partial charge in [0.25, 0.3) is 6.47 Å². The molecule has 0 saturated carbocycles. The van der Waals surface area contributed by atoms with E-state index >= 15 is 0 Å². The summed E-state index contributed by atoms with van der Waals surface area (Å²) in [6, 6.07) is 5.90. The van der Waals surface area contributed by atoms with Gasteiger partial charge in [0.2, 0.25) is 0 Å². The van der Waals surface area contributed by atoms with Crippen LogP contribution in [0.3, 0.4) is 0 Å². The first-order valence-corrected chi connectivity index (χ1v) is 7.61. The quantitative estimate of drug-likeness (QED) is 0.777. The van der Waals surface area contributed by atoms with Gasteiger partial charge in [-0.25, -0.2) is 9.97 Å². The van der Waals surface area contributed by atoms with E-state index in [1.165, 1.54) is 0 Å². The van der Waals surface area contributed by atoms with Crippen molar-refractivity contribution in [2.45, 2.75) is 31.3 Å². The zero-order valence-electron chi connectivity index (χ0n) is 13.1. The van der Waals surface area contributed by atoms with Crippen molar-refractivity contribution in [1.29, 1.82) is 0 Å². The first-order chi connectivity index (χ1) is 11.7. The number of aryl methyl sites for hydroxylation is 1. The first kappa shape index (κ1) is 16.6. The van der Waals surface area contributed by atoms with Crippen LogP contribution in [0.25, 0.3) is 11.5 Å². The highest BCUT2D eigenvalue weighted by Crippen LogP contribution is 2.36. The van der Waals surface area contributed by atoms with Crippen LogP contribution in [-0.4, -0.2) is 62.7 Å². The zero-order valence-corrected chi connectivity index (χ0v) is 13.1. The van der Waals surface area contributed by atoms with Gasteiger partial charge in [0, 0.05) is 18.1 Å². The molecule has 0 aromatic carbocycles. The lowest BCUT2D eigenvalue weighted by Gasteiger charge is -2.19. The van der Waals surface area contributed by atoms with Crippen LogP contribution in [0.15, 0.2) is 30.6 Å². The molecule has 2 saturated heterocycles. The second kappa shape index (κ2) is 7.08. The fourth-order valence-corrected chi connectivity index (χ4v) is 3.14. The van der Waals surface area contributed by atoms with Gasteiger partial charge in [-0.05, 0) is 19.1 Å². The molecule has 2 N–H and O–H groups in total. The molecule has 8 heteroatoms. The molecule has 2 aromatic rings. The van der Waals surface area contributed by atoms with Gasteiger partial charge in [0.1, 0.15) is 24.0 Å². The third kappa shape index (κ3) is 3.03. The molecular weight excluding hydrogens is 314 g/mol. The number of carbonyl (C=O) groups is 1. The van der Waals surface area contributed by atoms with Crippen molar-refractivity contribution in [3.8, 4) is 11.5 Å². The number of aliphatic hydroxyl groups is 1. The Bertz CT molecular complexity index is 705. The molecule has 0 unspecified atom stereocenters. The predicted molar refractivity (Wildman–Crippen MR) is 83.4 cm³/mol. The highest BCUT2D eigenvalue weighted by atomic mass is 16.6. The summed E-state index contributed by atoms with van der Waals surface area (Å²) in [7, 11) is 0. The van der Waals surface area contributed by atoms with Gasteiger partial charge >= 0.3 is 0 Å². The average molecular weight is 333 g/mol. The average Bonchev–Trinajstić information content (AvgIpc) is 3.26. The zero-order chi connectivity index (χ0) is 17.1. The summed E-state index contributed by atoms with van der Waals surface area (Å²) in [6.45, 7) is 2.56. The van der Waals surface area contributed by atoms with Crippen molar-refractivity contribution in [3.05, 3.63) is 36.3 Å². The number of rotatable bonds is 2. The smallest absolute Gasteiger partial charge is 0.290 e. The van der Waals surface area contributed by atoms with Crippen LogP contribution in [-0.2, 0) is 14.3 Å². The minimum Gasteiger partial charge on any atom is -0.483 e. The maximum absolute atomic E-state index is 9.85. The van der Waals surface area contributed by atoms with Crippen molar-refractivity contribution >= 4 is 6.47 Å². The van der Waals surface area contributed by atoms with Crippen LogP contribution in [0, 0.1) is 6.92 Å².